The van der Waals surface area contributed by atoms with E-state index >= 15 is 0 Å². The maximum atomic E-state index is 11.7. The summed E-state index contributed by atoms with van der Waals surface area (Å²) < 4.78 is 10.8. The molecule has 0 aliphatic rings. The van der Waals surface area contributed by atoms with Crippen LogP contribution in [0.3, 0.4) is 0 Å². The Hall–Kier alpha value is -2.53. The van der Waals surface area contributed by atoms with Gasteiger partial charge >= 0.3 is 0 Å². The molecule has 0 aromatic heterocycles. The van der Waals surface area contributed by atoms with Gasteiger partial charge in [0.2, 0.25) is 5.91 Å². The molecule has 2 rings (SSSR count). The molecule has 0 saturated heterocycles. The van der Waals surface area contributed by atoms with Crippen molar-refractivity contribution in [2.24, 2.45) is 0 Å². The van der Waals surface area contributed by atoms with Crippen LogP contribution in [0.5, 0.6) is 5.75 Å². The van der Waals surface area contributed by atoms with Gasteiger partial charge in [0, 0.05) is 13.7 Å². The van der Waals surface area contributed by atoms with Gasteiger partial charge in [-0.3, -0.25) is 4.79 Å². The Morgan fingerprint density at radius 3 is 2.56 bits per heavy atom. The smallest absolute Gasteiger partial charge is 0.239 e. The lowest BCUT2D eigenvalue weighted by molar-refractivity contribution is -0.119. The van der Waals surface area contributed by atoms with Gasteiger partial charge in [0.05, 0.1) is 25.4 Å². The summed E-state index contributed by atoms with van der Waals surface area (Å²) in [7, 11) is 1.61. The number of benzene rings is 2. The molecule has 25 heavy (non-hydrogen) atoms. The van der Waals surface area contributed by atoms with Crippen molar-refractivity contribution in [3.63, 3.8) is 0 Å². The highest BCUT2D eigenvalue weighted by molar-refractivity contribution is 5.81. The highest BCUT2D eigenvalue weighted by atomic mass is 16.5. The number of anilines is 1. The molecule has 0 spiro atoms. The first kappa shape index (κ1) is 18.8. The predicted octanol–water partition coefficient (Wildman–Crippen LogP) is 2.87. The fraction of sp³-hybridized carbons (Fsp3) is 0.350. The minimum absolute atomic E-state index is 0.0732. The molecule has 134 valence electrons. The zero-order chi connectivity index (χ0) is 17.7. The summed E-state index contributed by atoms with van der Waals surface area (Å²) in [6.45, 7) is 1.85. The summed E-state index contributed by atoms with van der Waals surface area (Å²) in [4.78, 5) is 11.7. The molecule has 0 saturated carbocycles. The number of rotatable bonds is 11. The van der Waals surface area contributed by atoms with Gasteiger partial charge in [0.25, 0.3) is 0 Å². The summed E-state index contributed by atoms with van der Waals surface area (Å²) >= 11 is 0. The average Bonchev–Trinajstić information content (AvgIpc) is 2.65. The maximum absolute atomic E-state index is 11.7. The molecule has 2 N–H and O–H groups in total. The second kappa shape index (κ2) is 11.1. The van der Waals surface area contributed by atoms with Crippen LogP contribution in [0, 0.1) is 0 Å². The Morgan fingerprint density at radius 1 is 1.00 bits per heavy atom. The van der Waals surface area contributed by atoms with Crippen LogP contribution >= 0.6 is 0 Å². The third kappa shape index (κ3) is 7.27. The second-order valence-corrected chi connectivity index (χ2v) is 5.63. The standard InChI is InChI=1S/C20H26N2O3/c1-24-15-13-21-20(23)16-22-18-11-5-6-12-19(18)25-14-7-10-17-8-3-2-4-9-17/h2-6,8-9,11-12,22H,7,10,13-16H2,1H3,(H,21,23). The minimum atomic E-state index is -0.0732. The lowest BCUT2D eigenvalue weighted by Gasteiger charge is -2.13. The third-order valence-electron chi connectivity index (χ3n) is 3.66. The molecule has 0 bridgehead atoms. The quantitative estimate of drug-likeness (QED) is 0.617. The number of nitrogens with one attached hydrogen (secondary N) is 2. The van der Waals surface area contributed by atoms with Crippen molar-refractivity contribution < 1.29 is 14.3 Å². The van der Waals surface area contributed by atoms with Crippen molar-refractivity contribution in [1.29, 1.82) is 0 Å². The Labute approximate surface area is 149 Å². The van der Waals surface area contributed by atoms with Gasteiger partial charge in [-0.05, 0) is 30.5 Å². The van der Waals surface area contributed by atoms with E-state index < -0.39 is 0 Å². The van der Waals surface area contributed by atoms with Gasteiger partial charge in [-0.2, -0.15) is 0 Å². The molecule has 0 aliphatic carbocycles. The molecule has 5 heteroatoms. The summed E-state index contributed by atoms with van der Waals surface area (Å²) in [5.41, 5.74) is 2.13. The lowest BCUT2D eigenvalue weighted by Crippen LogP contribution is -2.32. The summed E-state index contributed by atoms with van der Waals surface area (Å²) in [6, 6.07) is 18.0. The molecule has 5 nitrogen and oxygen atoms in total. The highest BCUT2D eigenvalue weighted by Crippen LogP contribution is 2.23. The van der Waals surface area contributed by atoms with Crippen molar-refractivity contribution in [3.8, 4) is 5.75 Å². The van der Waals surface area contributed by atoms with Crippen LogP contribution in [0.25, 0.3) is 0 Å². The van der Waals surface area contributed by atoms with Crippen molar-refractivity contribution in [2.75, 3.05) is 38.7 Å². The first-order valence-corrected chi connectivity index (χ1v) is 8.55. The van der Waals surface area contributed by atoms with Crippen LogP contribution in [-0.4, -0.2) is 39.3 Å². The number of hydrogen-bond donors (Lipinski definition) is 2. The molecular weight excluding hydrogens is 316 g/mol. The first-order chi connectivity index (χ1) is 12.3. The number of hydrogen-bond acceptors (Lipinski definition) is 4. The number of carbonyl (C=O) groups excluding carboxylic acids is 1. The number of carbonyl (C=O) groups is 1. The number of ether oxygens (including phenoxy) is 2. The number of methoxy groups -OCH3 is 1. The predicted molar refractivity (Wildman–Crippen MR) is 100 cm³/mol. The summed E-state index contributed by atoms with van der Waals surface area (Å²) in [5.74, 6) is 0.691. The molecule has 0 atom stereocenters. The molecule has 0 fully saturated rings. The van der Waals surface area contributed by atoms with Crippen molar-refractivity contribution >= 4 is 11.6 Å². The summed E-state index contributed by atoms with van der Waals surface area (Å²) in [5, 5.41) is 5.90. The molecule has 2 aromatic rings. The van der Waals surface area contributed by atoms with Gasteiger partial charge in [-0.15, -0.1) is 0 Å². The summed E-state index contributed by atoms with van der Waals surface area (Å²) in [6.07, 6.45) is 1.92. The Morgan fingerprint density at radius 2 is 1.76 bits per heavy atom. The lowest BCUT2D eigenvalue weighted by atomic mass is 10.1. The monoisotopic (exact) mass is 342 g/mol. The van der Waals surface area contributed by atoms with Crippen LogP contribution in [0.15, 0.2) is 54.6 Å². The number of amides is 1. The van der Waals surface area contributed by atoms with E-state index in [0.29, 0.717) is 19.8 Å². The van der Waals surface area contributed by atoms with Gasteiger partial charge in [0.1, 0.15) is 5.75 Å². The topological polar surface area (TPSA) is 59.6 Å². The Kier molecular flexibility index (Phi) is 8.35. The van der Waals surface area contributed by atoms with Crippen LogP contribution in [0.4, 0.5) is 5.69 Å². The highest BCUT2D eigenvalue weighted by Gasteiger charge is 2.05. The third-order valence-corrected chi connectivity index (χ3v) is 3.66. The fourth-order valence-corrected chi connectivity index (χ4v) is 2.37. The van der Waals surface area contributed by atoms with E-state index in [0.717, 1.165) is 24.3 Å². The van der Waals surface area contributed by atoms with Crippen molar-refractivity contribution in [1.82, 2.24) is 5.32 Å². The minimum Gasteiger partial charge on any atom is -0.491 e. The van der Waals surface area contributed by atoms with E-state index in [1.54, 1.807) is 7.11 Å². The van der Waals surface area contributed by atoms with Gasteiger partial charge < -0.3 is 20.1 Å². The zero-order valence-electron chi connectivity index (χ0n) is 14.7. The number of para-hydroxylation sites is 2. The molecular formula is C20H26N2O3. The molecule has 0 unspecified atom stereocenters. The average molecular weight is 342 g/mol. The van der Waals surface area contributed by atoms with E-state index in [1.807, 2.05) is 42.5 Å². The van der Waals surface area contributed by atoms with E-state index in [-0.39, 0.29) is 12.5 Å². The van der Waals surface area contributed by atoms with Gasteiger partial charge in [-0.1, -0.05) is 42.5 Å². The van der Waals surface area contributed by atoms with Crippen LogP contribution in [0.1, 0.15) is 12.0 Å². The van der Waals surface area contributed by atoms with Crippen molar-refractivity contribution in [3.05, 3.63) is 60.2 Å². The largest absolute Gasteiger partial charge is 0.491 e. The second-order valence-electron chi connectivity index (χ2n) is 5.63. The molecule has 0 radical (unpaired) electrons. The molecule has 0 aliphatic heterocycles. The van der Waals surface area contributed by atoms with E-state index in [4.69, 9.17) is 9.47 Å². The maximum Gasteiger partial charge on any atom is 0.239 e. The van der Waals surface area contributed by atoms with E-state index in [1.165, 1.54) is 5.56 Å². The van der Waals surface area contributed by atoms with E-state index in [2.05, 4.69) is 22.8 Å². The molecule has 0 heterocycles. The van der Waals surface area contributed by atoms with Crippen LogP contribution in [0.2, 0.25) is 0 Å². The molecule has 2 aromatic carbocycles. The fourth-order valence-electron chi connectivity index (χ4n) is 2.37. The normalized spacial score (nSPS) is 10.3. The van der Waals surface area contributed by atoms with Crippen molar-refractivity contribution in [2.45, 2.75) is 12.8 Å². The van der Waals surface area contributed by atoms with E-state index in [9.17, 15) is 4.79 Å². The zero-order valence-corrected chi connectivity index (χ0v) is 14.7. The Balaban J connectivity index is 1.74. The molecule has 1 amide bonds. The Bertz CT molecular complexity index is 632. The van der Waals surface area contributed by atoms with Gasteiger partial charge in [-0.25, -0.2) is 0 Å². The van der Waals surface area contributed by atoms with Gasteiger partial charge in [0.15, 0.2) is 0 Å². The van der Waals surface area contributed by atoms with Crippen LogP contribution < -0.4 is 15.4 Å². The number of aryl methyl sites for hydroxylation is 1. The van der Waals surface area contributed by atoms with Crippen LogP contribution in [-0.2, 0) is 16.0 Å². The first-order valence-electron chi connectivity index (χ1n) is 8.55. The SMILES string of the molecule is COCCNC(=O)CNc1ccccc1OCCCc1ccccc1.